The van der Waals surface area contributed by atoms with Gasteiger partial charge in [0.05, 0.1) is 23.4 Å². The molecule has 2 aromatic heterocycles. The molecule has 0 spiro atoms. The van der Waals surface area contributed by atoms with Crippen molar-refractivity contribution < 1.29 is 9.59 Å². The van der Waals surface area contributed by atoms with Crippen LogP contribution >= 0.6 is 22.7 Å². The molecular formula is C18H14N2O2S2. The van der Waals surface area contributed by atoms with Crippen molar-refractivity contribution in [3.05, 3.63) is 61.6 Å². The highest BCUT2D eigenvalue weighted by molar-refractivity contribution is 7.12. The molecule has 4 rings (SSSR count). The number of imide groups is 1. The van der Waals surface area contributed by atoms with E-state index in [9.17, 15) is 9.59 Å². The summed E-state index contributed by atoms with van der Waals surface area (Å²) >= 11 is 3.22. The van der Waals surface area contributed by atoms with Crippen molar-refractivity contribution in [2.24, 2.45) is 0 Å². The Kier molecular flexibility index (Phi) is 3.58. The predicted octanol–water partition coefficient (Wildman–Crippen LogP) is 4.28. The number of nitrogens with zero attached hydrogens (tertiary/aromatic N) is 2. The number of fused-ring (bicyclic) bond motifs is 1. The Morgan fingerprint density at radius 2 is 1.71 bits per heavy atom. The molecule has 3 heterocycles. The zero-order valence-electron chi connectivity index (χ0n) is 13.2. The van der Waals surface area contributed by atoms with Gasteiger partial charge in [-0.05, 0) is 32.0 Å². The van der Waals surface area contributed by atoms with E-state index >= 15 is 0 Å². The topological polar surface area (TPSA) is 50.3 Å². The van der Waals surface area contributed by atoms with Crippen LogP contribution in [0.25, 0.3) is 11.3 Å². The minimum absolute atomic E-state index is 0.221. The maximum atomic E-state index is 12.4. The van der Waals surface area contributed by atoms with E-state index in [2.05, 4.69) is 24.9 Å². The normalized spacial score (nSPS) is 13.7. The fourth-order valence-corrected chi connectivity index (χ4v) is 4.63. The van der Waals surface area contributed by atoms with E-state index in [1.807, 2.05) is 5.38 Å². The number of carbonyl (C=O) groups is 2. The van der Waals surface area contributed by atoms with Crippen molar-refractivity contribution in [1.82, 2.24) is 9.88 Å². The Morgan fingerprint density at radius 1 is 1.04 bits per heavy atom. The SMILES string of the molecule is Cc1cc(-c2csc(CN3C(=O)c4ccccc4C3=O)n2)c(C)s1. The summed E-state index contributed by atoms with van der Waals surface area (Å²) in [5.74, 6) is -0.482. The largest absolute Gasteiger partial charge is 0.269 e. The summed E-state index contributed by atoms with van der Waals surface area (Å²) in [5, 5.41) is 2.75. The van der Waals surface area contributed by atoms with Crippen LogP contribution in [0.1, 0.15) is 35.5 Å². The first-order chi connectivity index (χ1) is 11.5. The molecule has 6 heteroatoms. The average Bonchev–Trinajstić information content (AvgIpc) is 3.22. The van der Waals surface area contributed by atoms with Gasteiger partial charge < -0.3 is 0 Å². The summed E-state index contributed by atoms with van der Waals surface area (Å²) < 4.78 is 0. The third-order valence-corrected chi connectivity index (χ3v) is 5.84. The Labute approximate surface area is 147 Å². The molecule has 0 unspecified atom stereocenters. The maximum Gasteiger partial charge on any atom is 0.261 e. The van der Waals surface area contributed by atoms with Crippen molar-refractivity contribution >= 4 is 34.5 Å². The second-order valence-electron chi connectivity index (χ2n) is 5.70. The van der Waals surface area contributed by atoms with Crippen LogP contribution in [0.2, 0.25) is 0 Å². The highest BCUT2D eigenvalue weighted by Crippen LogP contribution is 2.32. The van der Waals surface area contributed by atoms with E-state index in [0.29, 0.717) is 11.1 Å². The van der Waals surface area contributed by atoms with Gasteiger partial charge in [-0.1, -0.05) is 12.1 Å². The standard InChI is InChI=1S/C18H14N2O2S2/c1-10-7-14(11(2)24-10)15-9-23-16(19-15)8-20-17(21)12-5-3-4-6-13(12)18(20)22/h3-7,9H,8H2,1-2H3. The van der Waals surface area contributed by atoms with Gasteiger partial charge in [-0.3, -0.25) is 14.5 Å². The Morgan fingerprint density at radius 3 is 2.29 bits per heavy atom. The van der Waals surface area contributed by atoms with Gasteiger partial charge in [-0.25, -0.2) is 4.98 Å². The van der Waals surface area contributed by atoms with Crippen molar-refractivity contribution in [2.75, 3.05) is 0 Å². The zero-order chi connectivity index (χ0) is 16.8. The van der Waals surface area contributed by atoms with Gasteiger partial charge in [-0.2, -0.15) is 0 Å². The number of rotatable bonds is 3. The lowest BCUT2D eigenvalue weighted by atomic mass is 10.1. The van der Waals surface area contributed by atoms with E-state index in [1.54, 1.807) is 35.6 Å². The molecule has 0 N–H and O–H groups in total. The van der Waals surface area contributed by atoms with Gasteiger partial charge in [0, 0.05) is 20.7 Å². The van der Waals surface area contributed by atoms with Crippen LogP contribution in [0.5, 0.6) is 0 Å². The molecule has 0 atom stereocenters. The third kappa shape index (κ3) is 2.39. The van der Waals surface area contributed by atoms with Crippen LogP contribution in [0.3, 0.4) is 0 Å². The van der Waals surface area contributed by atoms with Gasteiger partial charge in [0.1, 0.15) is 5.01 Å². The number of benzene rings is 1. The number of thiazole rings is 1. The van der Waals surface area contributed by atoms with E-state index in [4.69, 9.17) is 0 Å². The van der Waals surface area contributed by atoms with E-state index < -0.39 is 0 Å². The zero-order valence-corrected chi connectivity index (χ0v) is 14.8. The second-order valence-corrected chi connectivity index (χ2v) is 8.10. The highest BCUT2D eigenvalue weighted by Gasteiger charge is 2.35. The summed E-state index contributed by atoms with van der Waals surface area (Å²) in [6.07, 6.45) is 0. The molecule has 0 radical (unpaired) electrons. The molecule has 3 aromatic rings. The first-order valence-corrected chi connectivity index (χ1v) is 9.21. The van der Waals surface area contributed by atoms with Crippen LogP contribution in [-0.2, 0) is 6.54 Å². The first-order valence-electron chi connectivity index (χ1n) is 7.51. The first kappa shape index (κ1) is 15.2. The molecule has 0 fully saturated rings. The Hall–Kier alpha value is -2.31. The summed E-state index contributed by atoms with van der Waals surface area (Å²) in [4.78, 5) is 33.2. The smallest absolute Gasteiger partial charge is 0.261 e. The minimum Gasteiger partial charge on any atom is -0.269 e. The molecule has 1 aromatic carbocycles. The number of carbonyl (C=O) groups excluding carboxylic acids is 2. The number of hydrogen-bond donors (Lipinski definition) is 0. The molecule has 24 heavy (non-hydrogen) atoms. The lowest BCUT2D eigenvalue weighted by Gasteiger charge is -2.11. The molecule has 4 nitrogen and oxygen atoms in total. The van der Waals surface area contributed by atoms with E-state index in [1.165, 1.54) is 26.0 Å². The van der Waals surface area contributed by atoms with Gasteiger partial charge >= 0.3 is 0 Å². The maximum absolute atomic E-state index is 12.4. The van der Waals surface area contributed by atoms with Crippen LogP contribution < -0.4 is 0 Å². The number of aryl methyl sites for hydroxylation is 2. The van der Waals surface area contributed by atoms with Crippen molar-refractivity contribution in [3.8, 4) is 11.3 Å². The lowest BCUT2D eigenvalue weighted by molar-refractivity contribution is 0.0642. The monoisotopic (exact) mass is 354 g/mol. The second kappa shape index (κ2) is 5.65. The molecule has 1 aliphatic heterocycles. The van der Waals surface area contributed by atoms with E-state index in [-0.39, 0.29) is 18.4 Å². The molecule has 1 aliphatic rings. The van der Waals surface area contributed by atoms with Crippen LogP contribution in [0, 0.1) is 13.8 Å². The molecule has 0 bridgehead atoms. The number of hydrogen-bond acceptors (Lipinski definition) is 5. The number of thiophene rings is 1. The minimum atomic E-state index is -0.241. The van der Waals surface area contributed by atoms with Gasteiger partial charge in [0.2, 0.25) is 0 Å². The summed E-state index contributed by atoms with van der Waals surface area (Å²) in [7, 11) is 0. The van der Waals surface area contributed by atoms with Gasteiger partial charge in [0.25, 0.3) is 11.8 Å². The molecule has 0 saturated carbocycles. The lowest BCUT2D eigenvalue weighted by Crippen LogP contribution is -2.29. The van der Waals surface area contributed by atoms with Crippen LogP contribution in [0.15, 0.2) is 35.7 Å². The number of aromatic nitrogens is 1. The van der Waals surface area contributed by atoms with Crippen molar-refractivity contribution in [1.29, 1.82) is 0 Å². The Balaban J connectivity index is 1.61. The fraction of sp³-hybridized carbons (Fsp3) is 0.167. The number of amides is 2. The van der Waals surface area contributed by atoms with Crippen LogP contribution in [-0.4, -0.2) is 21.7 Å². The highest BCUT2D eigenvalue weighted by atomic mass is 32.1. The summed E-state index contributed by atoms with van der Waals surface area (Å²) in [6, 6.07) is 9.06. The van der Waals surface area contributed by atoms with Gasteiger partial charge in [0.15, 0.2) is 0 Å². The van der Waals surface area contributed by atoms with Crippen molar-refractivity contribution in [3.63, 3.8) is 0 Å². The molecule has 2 amide bonds. The third-order valence-electron chi connectivity index (χ3n) is 4.04. The summed E-state index contributed by atoms with van der Waals surface area (Å²) in [5.41, 5.74) is 2.99. The Bertz CT molecular complexity index is 936. The summed E-state index contributed by atoms with van der Waals surface area (Å²) in [6.45, 7) is 4.38. The molecule has 120 valence electrons. The van der Waals surface area contributed by atoms with Gasteiger partial charge in [-0.15, -0.1) is 22.7 Å². The van der Waals surface area contributed by atoms with Crippen molar-refractivity contribution in [2.45, 2.75) is 20.4 Å². The van der Waals surface area contributed by atoms with E-state index in [0.717, 1.165) is 16.3 Å². The fourth-order valence-electron chi connectivity index (χ4n) is 2.91. The molecular weight excluding hydrogens is 340 g/mol. The quantitative estimate of drug-likeness (QED) is 0.660. The average molecular weight is 354 g/mol. The molecule has 0 saturated heterocycles. The van der Waals surface area contributed by atoms with Crippen LogP contribution in [0.4, 0.5) is 0 Å². The molecule has 0 aliphatic carbocycles. The predicted molar refractivity (Wildman–Crippen MR) is 95.5 cm³/mol.